The van der Waals surface area contributed by atoms with Gasteiger partial charge in [0.25, 0.3) is 0 Å². The average Bonchev–Trinajstić information content (AvgIpc) is 2.80. The molecule has 0 spiro atoms. The number of aromatic nitrogens is 2. The molecule has 0 radical (unpaired) electrons. The predicted molar refractivity (Wildman–Crippen MR) is 70.1 cm³/mol. The monoisotopic (exact) mass is 229 g/mol. The number of nitrogens with two attached hydrogens (primary N) is 1. The molecule has 3 rings (SSSR count). The second kappa shape index (κ2) is 3.77. The number of nitrogens with one attached hydrogen (secondary N) is 2. The first kappa shape index (κ1) is 10.7. The molecule has 0 saturated heterocycles. The molecule has 3 nitrogen and oxygen atoms in total. The van der Waals surface area contributed by atoms with Crippen molar-refractivity contribution >= 4 is 0 Å². The number of rotatable bonds is 1. The van der Waals surface area contributed by atoms with Crippen molar-refractivity contribution in [2.75, 3.05) is 0 Å². The van der Waals surface area contributed by atoms with Crippen LogP contribution < -0.4 is 5.73 Å². The molecule has 1 aliphatic rings. The molecule has 0 saturated carbocycles. The van der Waals surface area contributed by atoms with E-state index in [-0.39, 0.29) is 0 Å². The molecule has 0 aromatic carbocycles. The largest absolute Gasteiger partial charge is 0.357 e. The Labute approximate surface area is 101 Å². The topological polar surface area (TPSA) is 57.6 Å². The van der Waals surface area contributed by atoms with Crippen LogP contribution in [0.2, 0.25) is 0 Å². The van der Waals surface area contributed by atoms with E-state index in [0.717, 1.165) is 19.3 Å². The van der Waals surface area contributed by atoms with Crippen LogP contribution in [-0.2, 0) is 12.8 Å². The van der Waals surface area contributed by atoms with Crippen LogP contribution in [0.5, 0.6) is 0 Å². The molecule has 1 atom stereocenters. The molecule has 2 heterocycles. The van der Waals surface area contributed by atoms with Gasteiger partial charge in [-0.1, -0.05) is 0 Å². The number of aryl methyl sites for hydroxylation is 3. The van der Waals surface area contributed by atoms with E-state index in [0.29, 0.717) is 6.04 Å². The Balaban J connectivity index is 2.02. The molecule has 0 bridgehead atoms. The molecule has 1 aliphatic carbocycles. The summed E-state index contributed by atoms with van der Waals surface area (Å²) in [5, 5.41) is 0. The minimum absolute atomic E-state index is 0.320. The van der Waals surface area contributed by atoms with Gasteiger partial charge in [0.1, 0.15) is 0 Å². The quantitative estimate of drug-likeness (QED) is 0.691. The third-order valence-electron chi connectivity index (χ3n) is 3.66. The lowest BCUT2D eigenvalue weighted by Gasteiger charge is -2.17. The summed E-state index contributed by atoms with van der Waals surface area (Å²) in [5.41, 5.74) is 13.7. The molecule has 0 amide bonds. The number of hydrogen-bond acceptors (Lipinski definition) is 1. The summed E-state index contributed by atoms with van der Waals surface area (Å²) in [6.45, 7) is 4.24. The van der Waals surface area contributed by atoms with Crippen molar-refractivity contribution in [3.8, 4) is 11.4 Å². The highest BCUT2D eigenvalue weighted by atomic mass is 14.8. The summed E-state index contributed by atoms with van der Waals surface area (Å²) in [6.07, 6.45) is 3.19. The van der Waals surface area contributed by atoms with Gasteiger partial charge in [0.15, 0.2) is 0 Å². The fourth-order valence-corrected chi connectivity index (χ4v) is 2.79. The van der Waals surface area contributed by atoms with E-state index in [1.807, 2.05) is 0 Å². The maximum absolute atomic E-state index is 6.00. The van der Waals surface area contributed by atoms with Gasteiger partial charge in [-0.15, -0.1) is 0 Å². The predicted octanol–water partition coefficient (Wildman–Crippen LogP) is 2.44. The maximum atomic E-state index is 6.00. The van der Waals surface area contributed by atoms with E-state index in [1.165, 1.54) is 33.9 Å². The van der Waals surface area contributed by atoms with Crippen LogP contribution >= 0.6 is 0 Å². The number of H-pyrrole nitrogens is 2. The first-order chi connectivity index (χ1) is 8.13. The molecule has 0 aliphatic heterocycles. The maximum Gasteiger partial charge on any atom is 0.0651 e. The smallest absolute Gasteiger partial charge is 0.0651 e. The highest BCUT2D eigenvalue weighted by Gasteiger charge is 2.19. The Kier molecular flexibility index (Phi) is 2.37. The Morgan fingerprint density at radius 1 is 1.24 bits per heavy atom. The van der Waals surface area contributed by atoms with E-state index < -0.39 is 0 Å². The van der Waals surface area contributed by atoms with Crippen LogP contribution in [0.25, 0.3) is 11.4 Å². The third kappa shape index (κ3) is 1.80. The van der Waals surface area contributed by atoms with Gasteiger partial charge in [0.2, 0.25) is 0 Å². The second-order valence-electron chi connectivity index (χ2n) is 5.20. The van der Waals surface area contributed by atoms with Crippen LogP contribution in [0.15, 0.2) is 12.1 Å². The molecule has 3 heteroatoms. The summed E-state index contributed by atoms with van der Waals surface area (Å²) < 4.78 is 0. The summed E-state index contributed by atoms with van der Waals surface area (Å²) >= 11 is 0. The molecule has 17 heavy (non-hydrogen) atoms. The van der Waals surface area contributed by atoms with Gasteiger partial charge in [0, 0.05) is 23.9 Å². The lowest BCUT2D eigenvalue weighted by molar-refractivity contribution is 0.570. The van der Waals surface area contributed by atoms with Crippen molar-refractivity contribution < 1.29 is 0 Å². The highest BCUT2D eigenvalue weighted by molar-refractivity contribution is 5.62. The average molecular weight is 229 g/mol. The van der Waals surface area contributed by atoms with Crippen molar-refractivity contribution in [2.45, 2.75) is 39.2 Å². The Morgan fingerprint density at radius 2 is 2.06 bits per heavy atom. The lowest BCUT2D eigenvalue weighted by Crippen LogP contribution is -2.27. The first-order valence-electron chi connectivity index (χ1n) is 6.26. The first-order valence-corrected chi connectivity index (χ1v) is 6.26. The van der Waals surface area contributed by atoms with Gasteiger partial charge in [0.05, 0.1) is 11.4 Å². The molecule has 1 unspecified atom stereocenters. The van der Waals surface area contributed by atoms with Crippen molar-refractivity contribution in [2.24, 2.45) is 5.73 Å². The van der Waals surface area contributed by atoms with E-state index in [4.69, 9.17) is 5.73 Å². The van der Waals surface area contributed by atoms with Crippen molar-refractivity contribution in [1.82, 2.24) is 9.97 Å². The summed E-state index contributed by atoms with van der Waals surface area (Å²) in [7, 11) is 0. The SMILES string of the molecule is Cc1cc(C)c(-c2cc3c([nH]2)CC(N)CC3)[nH]1. The standard InChI is InChI=1S/C14H19N3/c1-8-5-9(2)16-14(8)13-6-10-3-4-11(15)7-12(10)17-13/h5-6,11,16-17H,3-4,7,15H2,1-2H3. The zero-order valence-corrected chi connectivity index (χ0v) is 10.4. The number of hydrogen-bond donors (Lipinski definition) is 3. The summed E-state index contributed by atoms with van der Waals surface area (Å²) in [6, 6.07) is 4.78. The fraction of sp³-hybridized carbons (Fsp3) is 0.429. The van der Waals surface area contributed by atoms with Crippen LogP contribution in [0.3, 0.4) is 0 Å². The highest BCUT2D eigenvalue weighted by Crippen LogP contribution is 2.28. The minimum atomic E-state index is 0.320. The van der Waals surface area contributed by atoms with E-state index in [2.05, 4.69) is 35.9 Å². The fourth-order valence-electron chi connectivity index (χ4n) is 2.79. The van der Waals surface area contributed by atoms with Crippen molar-refractivity contribution in [3.63, 3.8) is 0 Å². The van der Waals surface area contributed by atoms with Gasteiger partial charge in [-0.25, -0.2) is 0 Å². The molecule has 2 aromatic heterocycles. The molecular weight excluding hydrogens is 210 g/mol. The van der Waals surface area contributed by atoms with Crippen LogP contribution in [0.4, 0.5) is 0 Å². The summed E-state index contributed by atoms with van der Waals surface area (Å²) in [5.74, 6) is 0. The van der Waals surface area contributed by atoms with Crippen LogP contribution in [0.1, 0.15) is 28.9 Å². The van der Waals surface area contributed by atoms with Gasteiger partial charge in [-0.2, -0.15) is 0 Å². The van der Waals surface area contributed by atoms with Crippen molar-refractivity contribution in [3.05, 3.63) is 34.6 Å². The molecule has 4 N–H and O–H groups in total. The van der Waals surface area contributed by atoms with Crippen LogP contribution in [0, 0.1) is 13.8 Å². The Bertz CT molecular complexity index is 548. The number of fused-ring (bicyclic) bond motifs is 1. The molecule has 90 valence electrons. The van der Waals surface area contributed by atoms with Gasteiger partial charge in [-0.3, -0.25) is 0 Å². The van der Waals surface area contributed by atoms with E-state index >= 15 is 0 Å². The summed E-state index contributed by atoms with van der Waals surface area (Å²) in [4.78, 5) is 6.94. The normalized spacial score (nSPS) is 19.4. The Hall–Kier alpha value is -1.48. The van der Waals surface area contributed by atoms with Crippen molar-refractivity contribution in [1.29, 1.82) is 0 Å². The second-order valence-corrected chi connectivity index (χ2v) is 5.20. The zero-order valence-electron chi connectivity index (χ0n) is 10.4. The number of aromatic amines is 2. The van der Waals surface area contributed by atoms with Crippen LogP contribution in [-0.4, -0.2) is 16.0 Å². The van der Waals surface area contributed by atoms with Gasteiger partial charge < -0.3 is 15.7 Å². The minimum Gasteiger partial charge on any atom is -0.357 e. The van der Waals surface area contributed by atoms with Gasteiger partial charge in [-0.05, 0) is 49.9 Å². The van der Waals surface area contributed by atoms with E-state index in [9.17, 15) is 0 Å². The molecule has 2 aromatic rings. The molecular formula is C14H19N3. The Morgan fingerprint density at radius 3 is 2.76 bits per heavy atom. The zero-order chi connectivity index (χ0) is 12.0. The third-order valence-corrected chi connectivity index (χ3v) is 3.66. The lowest BCUT2D eigenvalue weighted by atomic mass is 9.94. The van der Waals surface area contributed by atoms with Gasteiger partial charge >= 0.3 is 0 Å². The van der Waals surface area contributed by atoms with E-state index in [1.54, 1.807) is 0 Å². The molecule has 0 fully saturated rings.